The van der Waals surface area contributed by atoms with Crippen LogP contribution in [-0.2, 0) is 24.2 Å². The van der Waals surface area contributed by atoms with E-state index in [4.69, 9.17) is 0 Å². The zero-order valence-electron chi connectivity index (χ0n) is 21.3. The average Bonchev–Trinajstić information content (AvgIpc) is 3.36. The van der Waals surface area contributed by atoms with Crippen molar-refractivity contribution in [3.63, 3.8) is 0 Å². The normalized spacial score (nSPS) is 11.7. The molecule has 0 radical (unpaired) electrons. The minimum atomic E-state index is -1.15. The zero-order valence-corrected chi connectivity index (χ0v) is 22.1. The fourth-order valence-electron chi connectivity index (χ4n) is 4.11. The van der Waals surface area contributed by atoms with E-state index in [9.17, 15) is 19.1 Å². The number of aliphatic carboxylic acids is 1. The SMILES string of the molecule is CCc1cc(F)cc(C)c1C(=O)NC(Cc1ccc(-c2nc(CNc3cc(C)ccn3)ns2)cc1)C(=O)O. The maximum atomic E-state index is 13.8. The number of anilines is 1. The molecule has 4 rings (SSSR count). The number of nitrogens with one attached hydrogen (secondary N) is 2. The molecule has 0 fully saturated rings. The molecule has 0 aliphatic rings. The molecular weight excluding hydrogens is 505 g/mol. The molecule has 10 heteroatoms. The van der Waals surface area contributed by atoms with E-state index in [-0.39, 0.29) is 6.42 Å². The molecule has 2 heterocycles. The predicted octanol–water partition coefficient (Wildman–Crippen LogP) is 4.96. The van der Waals surface area contributed by atoms with Gasteiger partial charge in [-0.15, -0.1) is 0 Å². The van der Waals surface area contributed by atoms with Crippen molar-refractivity contribution in [1.82, 2.24) is 19.7 Å². The minimum absolute atomic E-state index is 0.0951. The van der Waals surface area contributed by atoms with Gasteiger partial charge in [0.1, 0.15) is 22.7 Å². The number of aromatic nitrogens is 3. The lowest BCUT2D eigenvalue weighted by Crippen LogP contribution is -2.42. The van der Waals surface area contributed by atoms with Gasteiger partial charge in [0.25, 0.3) is 5.91 Å². The van der Waals surface area contributed by atoms with Gasteiger partial charge in [-0.05, 0) is 78.3 Å². The van der Waals surface area contributed by atoms with Crippen molar-refractivity contribution in [2.45, 2.75) is 46.2 Å². The van der Waals surface area contributed by atoms with Crippen LogP contribution in [-0.4, -0.2) is 37.4 Å². The third kappa shape index (κ3) is 6.57. The maximum absolute atomic E-state index is 13.8. The number of aryl methyl sites for hydroxylation is 3. The highest BCUT2D eigenvalue weighted by Gasteiger charge is 2.24. The molecule has 1 atom stereocenters. The Hall–Kier alpha value is -4.18. The van der Waals surface area contributed by atoms with Crippen LogP contribution >= 0.6 is 11.5 Å². The Morgan fingerprint density at radius 3 is 2.55 bits per heavy atom. The number of carbonyl (C=O) groups is 2. The molecule has 1 amide bonds. The molecule has 1 unspecified atom stereocenters. The fourth-order valence-corrected chi connectivity index (χ4v) is 4.80. The van der Waals surface area contributed by atoms with E-state index in [1.54, 1.807) is 13.1 Å². The number of nitrogens with zero attached hydrogens (tertiary/aromatic N) is 3. The second-order valence-corrected chi connectivity index (χ2v) is 9.72. The first-order valence-electron chi connectivity index (χ1n) is 12.1. The lowest BCUT2D eigenvalue weighted by molar-refractivity contribution is -0.139. The van der Waals surface area contributed by atoms with Crippen LogP contribution < -0.4 is 10.6 Å². The van der Waals surface area contributed by atoms with Crippen LogP contribution in [0.5, 0.6) is 0 Å². The van der Waals surface area contributed by atoms with Crippen LogP contribution in [0, 0.1) is 19.7 Å². The summed E-state index contributed by atoms with van der Waals surface area (Å²) in [6, 6.07) is 12.7. The smallest absolute Gasteiger partial charge is 0.326 e. The fraction of sp³-hybridized carbons (Fsp3) is 0.250. The second-order valence-electron chi connectivity index (χ2n) is 8.96. The number of pyridine rings is 1. The maximum Gasteiger partial charge on any atom is 0.326 e. The first-order valence-corrected chi connectivity index (χ1v) is 12.9. The number of hydrogen-bond donors (Lipinski definition) is 3. The molecule has 2 aromatic carbocycles. The minimum Gasteiger partial charge on any atom is -0.480 e. The van der Waals surface area contributed by atoms with Gasteiger partial charge in [0.15, 0.2) is 5.82 Å². The number of halogens is 1. The van der Waals surface area contributed by atoms with E-state index < -0.39 is 23.7 Å². The number of carboxylic acid groups (broad SMARTS) is 1. The van der Waals surface area contributed by atoms with Gasteiger partial charge in [-0.3, -0.25) is 4.79 Å². The van der Waals surface area contributed by atoms with Crippen molar-refractivity contribution in [2.75, 3.05) is 5.32 Å². The molecule has 4 aromatic rings. The summed E-state index contributed by atoms with van der Waals surface area (Å²) in [6.07, 6.45) is 2.29. The number of amides is 1. The van der Waals surface area contributed by atoms with Gasteiger partial charge >= 0.3 is 5.97 Å². The molecule has 8 nitrogen and oxygen atoms in total. The topological polar surface area (TPSA) is 117 Å². The molecule has 2 aromatic heterocycles. The first-order chi connectivity index (χ1) is 18.2. The number of carboxylic acids is 1. The van der Waals surface area contributed by atoms with Crippen LogP contribution in [0.3, 0.4) is 0 Å². The Balaban J connectivity index is 1.41. The van der Waals surface area contributed by atoms with Crippen LogP contribution in [0.1, 0.15) is 45.4 Å². The number of carbonyl (C=O) groups excluding carboxylic acids is 1. The summed E-state index contributed by atoms with van der Waals surface area (Å²) < 4.78 is 18.2. The number of hydrogen-bond acceptors (Lipinski definition) is 7. The van der Waals surface area contributed by atoms with Gasteiger partial charge in [0.05, 0.1) is 6.54 Å². The lowest BCUT2D eigenvalue weighted by atomic mass is 9.98. The molecule has 196 valence electrons. The van der Waals surface area contributed by atoms with Gasteiger partial charge < -0.3 is 15.7 Å². The average molecular weight is 534 g/mol. The molecule has 0 bridgehead atoms. The molecule has 0 saturated carbocycles. The highest BCUT2D eigenvalue weighted by atomic mass is 32.1. The van der Waals surface area contributed by atoms with Gasteiger partial charge in [-0.2, -0.15) is 4.37 Å². The van der Waals surface area contributed by atoms with Crippen LogP contribution in [0.2, 0.25) is 0 Å². The van der Waals surface area contributed by atoms with Gasteiger partial charge in [0, 0.05) is 23.7 Å². The van der Waals surface area contributed by atoms with E-state index in [1.807, 2.05) is 50.2 Å². The van der Waals surface area contributed by atoms with E-state index in [1.165, 1.54) is 23.7 Å². The highest BCUT2D eigenvalue weighted by Crippen LogP contribution is 2.23. The van der Waals surface area contributed by atoms with E-state index >= 15 is 0 Å². The summed E-state index contributed by atoms with van der Waals surface area (Å²) in [6.45, 7) is 5.90. The van der Waals surface area contributed by atoms with Crippen LogP contribution in [0.25, 0.3) is 10.6 Å². The molecule has 0 aliphatic heterocycles. The monoisotopic (exact) mass is 533 g/mol. The lowest BCUT2D eigenvalue weighted by Gasteiger charge is -2.17. The van der Waals surface area contributed by atoms with Crippen molar-refractivity contribution in [2.24, 2.45) is 0 Å². The Labute approximate surface area is 224 Å². The highest BCUT2D eigenvalue weighted by molar-refractivity contribution is 7.09. The van der Waals surface area contributed by atoms with E-state index in [2.05, 4.69) is 25.0 Å². The quantitative estimate of drug-likeness (QED) is 0.264. The van der Waals surface area contributed by atoms with Crippen molar-refractivity contribution in [1.29, 1.82) is 0 Å². The number of benzene rings is 2. The molecule has 38 heavy (non-hydrogen) atoms. The predicted molar refractivity (Wildman–Crippen MR) is 145 cm³/mol. The van der Waals surface area contributed by atoms with E-state index in [0.29, 0.717) is 35.5 Å². The Morgan fingerprint density at radius 1 is 1.11 bits per heavy atom. The third-order valence-electron chi connectivity index (χ3n) is 6.05. The third-order valence-corrected chi connectivity index (χ3v) is 6.85. The Kier molecular flexibility index (Phi) is 8.42. The summed E-state index contributed by atoms with van der Waals surface area (Å²) in [5.74, 6) is -0.698. The molecule has 3 N–H and O–H groups in total. The summed E-state index contributed by atoms with van der Waals surface area (Å²) in [5, 5.41) is 16.3. The van der Waals surface area contributed by atoms with Crippen molar-refractivity contribution in [3.8, 4) is 10.6 Å². The molecular formula is C28H28FN5O3S. The van der Waals surface area contributed by atoms with Gasteiger partial charge in [-0.1, -0.05) is 31.2 Å². The molecule has 0 saturated heterocycles. The first kappa shape index (κ1) is 26.9. The summed E-state index contributed by atoms with van der Waals surface area (Å²) in [5.41, 5.74) is 4.03. The van der Waals surface area contributed by atoms with Crippen molar-refractivity contribution >= 4 is 29.2 Å². The molecule has 0 spiro atoms. The summed E-state index contributed by atoms with van der Waals surface area (Å²) >= 11 is 1.28. The van der Waals surface area contributed by atoms with Gasteiger partial charge in [0.2, 0.25) is 0 Å². The zero-order chi connectivity index (χ0) is 27.2. The Bertz CT molecular complexity index is 1460. The standard InChI is InChI=1S/C28H28FN5O3S/c1-4-19-14-21(29)12-17(3)25(19)26(35)32-22(28(36)37)13-18-5-7-20(8-6-18)27-33-24(34-38-27)15-31-23-11-16(2)9-10-30-23/h5-12,14,22H,4,13,15H2,1-3H3,(H,30,31)(H,32,35)(H,36,37). The summed E-state index contributed by atoms with van der Waals surface area (Å²) in [4.78, 5) is 33.7. The number of rotatable bonds is 10. The molecule has 0 aliphatic carbocycles. The Morgan fingerprint density at radius 2 is 1.87 bits per heavy atom. The van der Waals surface area contributed by atoms with Crippen LogP contribution in [0.4, 0.5) is 10.2 Å². The summed E-state index contributed by atoms with van der Waals surface area (Å²) in [7, 11) is 0. The second kappa shape index (κ2) is 11.9. The van der Waals surface area contributed by atoms with Gasteiger partial charge in [-0.25, -0.2) is 19.2 Å². The van der Waals surface area contributed by atoms with Crippen molar-refractivity contribution < 1.29 is 19.1 Å². The largest absolute Gasteiger partial charge is 0.480 e. The van der Waals surface area contributed by atoms with E-state index in [0.717, 1.165) is 27.5 Å². The van der Waals surface area contributed by atoms with Crippen LogP contribution in [0.15, 0.2) is 54.7 Å². The van der Waals surface area contributed by atoms with Crippen molar-refractivity contribution in [3.05, 3.63) is 94.2 Å².